The molecule has 6 heteroatoms. The summed E-state index contributed by atoms with van der Waals surface area (Å²) in [5.41, 5.74) is 0. The molecule has 1 heterocycles. The summed E-state index contributed by atoms with van der Waals surface area (Å²) in [6.45, 7) is 0.346. The molecule has 3 N–H and O–H groups in total. The first-order valence-corrected chi connectivity index (χ1v) is 5.44. The number of halogens is 1. The van der Waals surface area contributed by atoms with Crippen molar-refractivity contribution in [2.24, 2.45) is 0 Å². The number of aliphatic hydroxyl groups excluding tert-OH is 2. The second-order valence-electron chi connectivity index (χ2n) is 2.58. The Hall–Kier alpha value is -0.0100. The second kappa shape index (κ2) is 5.02. The summed E-state index contributed by atoms with van der Waals surface area (Å²) in [7, 11) is 1.72. The molecule has 0 saturated heterocycles. The number of hydrogen-bond donors (Lipinski definition) is 3. The average Bonchev–Trinajstić information content (AvgIpc) is 2.51. The van der Waals surface area contributed by atoms with Crippen LogP contribution in [0.5, 0.6) is 0 Å². The van der Waals surface area contributed by atoms with Crippen molar-refractivity contribution < 1.29 is 10.2 Å². The molecular formula is C7H11BrN2O2S. The smallest absolute Gasteiger partial charge is 0.133 e. The summed E-state index contributed by atoms with van der Waals surface area (Å²) in [5.74, 6) is 0. The Kier molecular flexibility index (Phi) is 4.27. The lowest BCUT2D eigenvalue weighted by Crippen LogP contribution is -2.29. The fourth-order valence-electron chi connectivity index (χ4n) is 0.888. The lowest BCUT2D eigenvalue weighted by molar-refractivity contribution is 0.0200. The van der Waals surface area contributed by atoms with E-state index in [0.717, 1.165) is 0 Å². The van der Waals surface area contributed by atoms with Gasteiger partial charge >= 0.3 is 0 Å². The number of thiazole rings is 1. The van der Waals surface area contributed by atoms with E-state index in [4.69, 9.17) is 0 Å². The van der Waals surface area contributed by atoms with E-state index in [1.54, 1.807) is 12.4 Å². The molecule has 13 heavy (non-hydrogen) atoms. The summed E-state index contributed by atoms with van der Waals surface area (Å²) in [6.07, 6.45) is -1.73. The third-order valence-corrected chi connectivity index (χ3v) is 3.15. The predicted molar refractivity (Wildman–Crippen MR) is 54.7 cm³/mol. The van der Waals surface area contributed by atoms with Gasteiger partial charge in [0.2, 0.25) is 0 Å². The summed E-state index contributed by atoms with van der Waals surface area (Å²) in [6, 6.07) is 0. The van der Waals surface area contributed by atoms with Crippen LogP contribution in [-0.2, 0) is 0 Å². The van der Waals surface area contributed by atoms with Gasteiger partial charge in [0.05, 0.1) is 6.10 Å². The number of hydrogen-bond acceptors (Lipinski definition) is 5. The van der Waals surface area contributed by atoms with Crippen LogP contribution in [0.25, 0.3) is 0 Å². The van der Waals surface area contributed by atoms with Crippen molar-refractivity contribution in [2.75, 3.05) is 13.6 Å². The SMILES string of the molecule is CNCC(O)C(O)c1nc(Br)cs1. The van der Waals surface area contributed by atoms with Crippen LogP contribution in [0.3, 0.4) is 0 Å². The molecular weight excluding hydrogens is 256 g/mol. The zero-order chi connectivity index (χ0) is 9.84. The quantitative estimate of drug-likeness (QED) is 0.744. The summed E-state index contributed by atoms with van der Waals surface area (Å²) in [4.78, 5) is 4.01. The van der Waals surface area contributed by atoms with Gasteiger partial charge in [-0.1, -0.05) is 0 Å². The Labute approximate surface area is 88.8 Å². The van der Waals surface area contributed by atoms with Crippen LogP contribution in [0.4, 0.5) is 0 Å². The molecule has 0 aliphatic carbocycles. The molecule has 0 aliphatic rings. The van der Waals surface area contributed by atoms with E-state index in [1.807, 2.05) is 0 Å². The average molecular weight is 267 g/mol. The maximum atomic E-state index is 9.57. The van der Waals surface area contributed by atoms with Gasteiger partial charge in [-0.15, -0.1) is 11.3 Å². The lowest BCUT2D eigenvalue weighted by atomic mass is 10.2. The molecule has 1 aromatic rings. The van der Waals surface area contributed by atoms with Gasteiger partial charge in [-0.3, -0.25) is 0 Å². The van der Waals surface area contributed by atoms with Crippen molar-refractivity contribution in [1.29, 1.82) is 0 Å². The van der Waals surface area contributed by atoms with Crippen LogP contribution >= 0.6 is 27.3 Å². The highest BCUT2D eigenvalue weighted by Gasteiger charge is 2.20. The molecule has 0 amide bonds. The van der Waals surface area contributed by atoms with Gasteiger partial charge in [-0.25, -0.2) is 4.98 Å². The van der Waals surface area contributed by atoms with Crippen LogP contribution < -0.4 is 5.32 Å². The molecule has 0 radical (unpaired) electrons. The molecule has 0 aromatic carbocycles. The monoisotopic (exact) mass is 266 g/mol. The molecule has 0 fully saturated rings. The highest BCUT2D eigenvalue weighted by Crippen LogP contribution is 2.23. The first kappa shape index (κ1) is 11.1. The van der Waals surface area contributed by atoms with Crippen molar-refractivity contribution in [3.8, 4) is 0 Å². The van der Waals surface area contributed by atoms with Crippen molar-refractivity contribution >= 4 is 27.3 Å². The Morgan fingerprint density at radius 3 is 2.85 bits per heavy atom. The third kappa shape index (κ3) is 2.99. The van der Waals surface area contributed by atoms with Crippen LogP contribution in [0.2, 0.25) is 0 Å². The fourth-order valence-corrected chi connectivity index (χ4v) is 2.20. The Bertz CT molecular complexity index is 269. The molecule has 74 valence electrons. The van der Waals surface area contributed by atoms with Crippen molar-refractivity contribution in [1.82, 2.24) is 10.3 Å². The maximum absolute atomic E-state index is 9.57. The van der Waals surface area contributed by atoms with Gasteiger partial charge < -0.3 is 15.5 Å². The molecule has 1 aromatic heterocycles. The number of nitrogens with zero attached hydrogens (tertiary/aromatic N) is 1. The lowest BCUT2D eigenvalue weighted by Gasteiger charge is -2.14. The first-order valence-electron chi connectivity index (χ1n) is 3.76. The zero-order valence-corrected chi connectivity index (χ0v) is 9.47. The molecule has 0 bridgehead atoms. The maximum Gasteiger partial charge on any atom is 0.133 e. The summed E-state index contributed by atoms with van der Waals surface area (Å²) < 4.78 is 0.684. The van der Waals surface area contributed by atoms with E-state index in [2.05, 4.69) is 26.2 Å². The molecule has 2 unspecified atom stereocenters. The zero-order valence-electron chi connectivity index (χ0n) is 7.07. The highest BCUT2D eigenvalue weighted by atomic mass is 79.9. The molecule has 4 nitrogen and oxygen atoms in total. The third-order valence-electron chi connectivity index (χ3n) is 1.52. The van der Waals surface area contributed by atoms with E-state index in [9.17, 15) is 10.2 Å². The number of nitrogens with one attached hydrogen (secondary N) is 1. The van der Waals surface area contributed by atoms with Gasteiger partial charge in [-0.05, 0) is 23.0 Å². The topological polar surface area (TPSA) is 65.4 Å². The Morgan fingerprint density at radius 2 is 2.38 bits per heavy atom. The van der Waals surface area contributed by atoms with Crippen LogP contribution in [0.1, 0.15) is 11.1 Å². The minimum atomic E-state index is -0.913. The first-order chi connectivity index (χ1) is 6.15. The molecule has 0 saturated carbocycles. The summed E-state index contributed by atoms with van der Waals surface area (Å²) in [5, 5.41) is 24.1. The van der Waals surface area contributed by atoms with E-state index in [1.165, 1.54) is 11.3 Å². The van der Waals surface area contributed by atoms with Crippen molar-refractivity contribution in [3.63, 3.8) is 0 Å². The van der Waals surface area contributed by atoms with Gasteiger partial charge in [0.15, 0.2) is 0 Å². The van der Waals surface area contributed by atoms with Crippen molar-refractivity contribution in [2.45, 2.75) is 12.2 Å². The minimum Gasteiger partial charge on any atom is -0.389 e. The molecule has 0 spiro atoms. The second-order valence-corrected chi connectivity index (χ2v) is 4.28. The number of aromatic nitrogens is 1. The van der Waals surface area contributed by atoms with Crippen molar-refractivity contribution in [3.05, 3.63) is 15.0 Å². The van der Waals surface area contributed by atoms with Gasteiger partial charge in [-0.2, -0.15) is 0 Å². The van der Waals surface area contributed by atoms with Gasteiger partial charge in [0.25, 0.3) is 0 Å². The minimum absolute atomic E-state index is 0.346. The largest absolute Gasteiger partial charge is 0.389 e. The van der Waals surface area contributed by atoms with E-state index >= 15 is 0 Å². The summed E-state index contributed by atoms with van der Waals surface area (Å²) >= 11 is 4.50. The normalized spacial score (nSPS) is 15.7. The Morgan fingerprint density at radius 1 is 1.69 bits per heavy atom. The Balaban J connectivity index is 2.61. The van der Waals surface area contributed by atoms with E-state index in [0.29, 0.717) is 16.2 Å². The van der Waals surface area contributed by atoms with Crippen LogP contribution in [-0.4, -0.2) is 34.9 Å². The number of likely N-dealkylation sites (N-methyl/N-ethyl adjacent to an activating group) is 1. The fraction of sp³-hybridized carbons (Fsp3) is 0.571. The standard InChI is InChI=1S/C7H11BrN2O2S/c1-9-2-4(11)6(12)7-10-5(8)3-13-7/h3-4,6,9,11-12H,2H2,1H3. The van der Waals surface area contributed by atoms with Gasteiger partial charge in [0, 0.05) is 11.9 Å². The molecule has 0 aliphatic heterocycles. The predicted octanol–water partition coefficient (Wildman–Crippen LogP) is 0.519. The van der Waals surface area contributed by atoms with Crippen LogP contribution in [0.15, 0.2) is 9.98 Å². The van der Waals surface area contributed by atoms with Crippen LogP contribution in [0, 0.1) is 0 Å². The molecule has 2 atom stereocenters. The molecule has 1 rings (SSSR count). The van der Waals surface area contributed by atoms with E-state index < -0.39 is 12.2 Å². The van der Waals surface area contributed by atoms with Gasteiger partial charge in [0.1, 0.15) is 15.7 Å². The number of aliphatic hydroxyl groups is 2. The van der Waals surface area contributed by atoms with E-state index in [-0.39, 0.29) is 0 Å². The highest BCUT2D eigenvalue weighted by molar-refractivity contribution is 9.10. The number of rotatable bonds is 4.